The third-order valence-corrected chi connectivity index (χ3v) is 2.06. The summed E-state index contributed by atoms with van der Waals surface area (Å²) in [5.74, 6) is 2.84. The largest absolute Gasteiger partial charge is 0.120 e. The van der Waals surface area contributed by atoms with Crippen LogP contribution in [0.25, 0.3) is 0 Å². The lowest BCUT2D eigenvalue weighted by Crippen LogP contribution is -2.05. The molecule has 0 radical (unpaired) electrons. The van der Waals surface area contributed by atoms with Gasteiger partial charge >= 0.3 is 0 Å². The predicted octanol–water partition coefficient (Wildman–Crippen LogP) is 2.20. The van der Waals surface area contributed by atoms with E-state index in [1.54, 1.807) is 0 Å². The predicted molar refractivity (Wildman–Crippen MR) is 35.4 cm³/mol. The van der Waals surface area contributed by atoms with E-state index >= 15 is 0 Å². The molecule has 0 atom stereocenters. The second-order valence-corrected chi connectivity index (χ2v) is 2.91. The van der Waals surface area contributed by atoms with Gasteiger partial charge in [-0.15, -0.1) is 12.3 Å². The summed E-state index contributed by atoms with van der Waals surface area (Å²) in [6.07, 6.45) is 10.5. The van der Waals surface area contributed by atoms with Crippen LogP contribution >= 0.6 is 0 Å². The van der Waals surface area contributed by atoms with Crippen molar-refractivity contribution in [1.82, 2.24) is 0 Å². The second kappa shape index (κ2) is 1.82. The molecular formula is C8H12. The van der Waals surface area contributed by atoms with Crippen LogP contribution < -0.4 is 0 Å². The molecule has 0 heterocycles. The van der Waals surface area contributed by atoms with Gasteiger partial charge in [-0.25, -0.2) is 0 Å². The Kier molecular flexibility index (Phi) is 1.29. The highest BCUT2D eigenvalue weighted by molar-refractivity contribution is 5.05. The van der Waals surface area contributed by atoms with Crippen LogP contribution in [0, 0.1) is 17.8 Å². The lowest BCUT2D eigenvalue weighted by molar-refractivity contribution is 0.469. The van der Waals surface area contributed by atoms with Gasteiger partial charge in [-0.2, -0.15) is 0 Å². The van der Waals surface area contributed by atoms with Gasteiger partial charge in [0.2, 0.25) is 0 Å². The van der Waals surface area contributed by atoms with Gasteiger partial charge in [-0.1, -0.05) is 12.8 Å². The van der Waals surface area contributed by atoms with Crippen LogP contribution in [-0.4, -0.2) is 0 Å². The lowest BCUT2D eigenvalue weighted by atomic mass is 9.90. The molecule has 0 nitrogen and oxygen atoms in total. The van der Waals surface area contributed by atoms with E-state index < -0.39 is 0 Å². The summed E-state index contributed by atoms with van der Waals surface area (Å²) in [5.41, 5.74) is 0.264. The maximum absolute atomic E-state index is 5.32. The van der Waals surface area contributed by atoms with Crippen LogP contribution in [0.4, 0.5) is 0 Å². The Bertz CT molecular complexity index is 110. The van der Waals surface area contributed by atoms with Crippen molar-refractivity contribution in [3.63, 3.8) is 0 Å². The molecule has 1 rings (SSSR count). The normalized spacial score (nSPS) is 25.0. The van der Waals surface area contributed by atoms with Gasteiger partial charge in [0.05, 0.1) is 0 Å². The Morgan fingerprint density at radius 1 is 1.38 bits per heavy atom. The van der Waals surface area contributed by atoms with Crippen molar-refractivity contribution in [3.8, 4) is 12.3 Å². The molecule has 0 saturated heterocycles. The molecule has 8 heavy (non-hydrogen) atoms. The molecular weight excluding hydrogens is 96.1 g/mol. The maximum Gasteiger partial charge on any atom is 0.0284 e. The van der Waals surface area contributed by atoms with E-state index in [1.807, 2.05) is 0 Å². The first kappa shape index (κ1) is 5.69. The highest BCUT2D eigenvalue weighted by Gasteiger charge is 2.25. The van der Waals surface area contributed by atoms with E-state index in [9.17, 15) is 0 Å². The first-order valence-electron chi connectivity index (χ1n) is 3.25. The summed E-state index contributed by atoms with van der Waals surface area (Å²) < 4.78 is 0. The fourth-order valence-corrected chi connectivity index (χ4v) is 1.30. The Morgan fingerprint density at radius 3 is 2.12 bits per heavy atom. The van der Waals surface area contributed by atoms with Gasteiger partial charge < -0.3 is 0 Å². The molecule has 0 aromatic carbocycles. The SMILES string of the molecule is C#CC1(C)CCCC1. The van der Waals surface area contributed by atoms with Crippen molar-refractivity contribution in [3.05, 3.63) is 0 Å². The molecule has 0 aliphatic heterocycles. The van der Waals surface area contributed by atoms with Crippen LogP contribution in [0.3, 0.4) is 0 Å². The van der Waals surface area contributed by atoms with Gasteiger partial charge in [-0.3, -0.25) is 0 Å². The topological polar surface area (TPSA) is 0 Å². The van der Waals surface area contributed by atoms with Crippen molar-refractivity contribution in [2.45, 2.75) is 32.6 Å². The molecule has 0 aromatic heterocycles. The quantitative estimate of drug-likeness (QED) is 0.417. The van der Waals surface area contributed by atoms with Crippen molar-refractivity contribution in [1.29, 1.82) is 0 Å². The van der Waals surface area contributed by atoms with E-state index in [0.29, 0.717) is 0 Å². The molecule has 44 valence electrons. The Morgan fingerprint density at radius 2 is 1.88 bits per heavy atom. The van der Waals surface area contributed by atoms with Crippen LogP contribution in [0.5, 0.6) is 0 Å². The molecule has 0 heteroatoms. The molecule has 0 N–H and O–H groups in total. The molecule has 0 spiro atoms. The van der Waals surface area contributed by atoms with Crippen molar-refractivity contribution < 1.29 is 0 Å². The molecule has 0 unspecified atom stereocenters. The average molecular weight is 108 g/mol. The molecule has 1 aliphatic carbocycles. The number of rotatable bonds is 0. The minimum Gasteiger partial charge on any atom is -0.120 e. The van der Waals surface area contributed by atoms with Crippen LogP contribution in [0.1, 0.15) is 32.6 Å². The Labute approximate surface area is 51.3 Å². The lowest BCUT2D eigenvalue weighted by Gasteiger charge is -2.12. The zero-order valence-electron chi connectivity index (χ0n) is 5.41. The van der Waals surface area contributed by atoms with E-state index in [2.05, 4.69) is 12.8 Å². The molecule has 0 amide bonds. The van der Waals surface area contributed by atoms with Gasteiger partial charge in [0.1, 0.15) is 0 Å². The Balaban J connectivity index is 2.56. The average Bonchev–Trinajstić information content (AvgIpc) is 2.17. The molecule has 1 saturated carbocycles. The highest BCUT2D eigenvalue weighted by atomic mass is 14.3. The van der Waals surface area contributed by atoms with E-state index in [4.69, 9.17) is 6.42 Å². The Hall–Kier alpha value is -0.440. The monoisotopic (exact) mass is 108 g/mol. The minimum absolute atomic E-state index is 0.264. The first-order valence-corrected chi connectivity index (χ1v) is 3.25. The van der Waals surface area contributed by atoms with Crippen molar-refractivity contribution >= 4 is 0 Å². The summed E-state index contributed by atoms with van der Waals surface area (Å²) >= 11 is 0. The summed E-state index contributed by atoms with van der Waals surface area (Å²) in [4.78, 5) is 0. The van der Waals surface area contributed by atoms with E-state index in [-0.39, 0.29) is 5.41 Å². The highest BCUT2D eigenvalue weighted by Crippen LogP contribution is 2.36. The van der Waals surface area contributed by atoms with E-state index in [1.165, 1.54) is 25.7 Å². The number of hydrogen-bond donors (Lipinski definition) is 0. The molecule has 1 aliphatic rings. The van der Waals surface area contributed by atoms with Gasteiger partial charge in [0.15, 0.2) is 0 Å². The molecule has 0 bridgehead atoms. The number of hydrogen-bond acceptors (Lipinski definition) is 0. The standard InChI is InChI=1S/C8H12/c1-3-8(2)6-4-5-7-8/h1H,4-7H2,2H3. The van der Waals surface area contributed by atoms with E-state index in [0.717, 1.165) is 0 Å². The van der Waals surface area contributed by atoms with Gasteiger partial charge in [0, 0.05) is 5.41 Å². The van der Waals surface area contributed by atoms with Crippen LogP contribution in [-0.2, 0) is 0 Å². The second-order valence-electron chi connectivity index (χ2n) is 2.91. The summed E-state index contributed by atoms with van der Waals surface area (Å²) in [5, 5.41) is 0. The van der Waals surface area contributed by atoms with Crippen molar-refractivity contribution in [2.24, 2.45) is 5.41 Å². The third-order valence-electron chi connectivity index (χ3n) is 2.06. The molecule has 0 aromatic rings. The minimum atomic E-state index is 0.264. The van der Waals surface area contributed by atoms with Gasteiger partial charge in [0.25, 0.3) is 0 Å². The third kappa shape index (κ3) is 0.865. The van der Waals surface area contributed by atoms with Crippen molar-refractivity contribution in [2.75, 3.05) is 0 Å². The summed E-state index contributed by atoms with van der Waals surface area (Å²) in [6, 6.07) is 0. The summed E-state index contributed by atoms with van der Waals surface area (Å²) in [6.45, 7) is 2.18. The number of terminal acetylenes is 1. The molecule has 1 fully saturated rings. The summed E-state index contributed by atoms with van der Waals surface area (Å²) in [7, 11) is 0. The fraction of sp³-hybridized carbons (Fsp3) is 0.750. The maximum atomic E-state index is 5.32. The zero-order chi connectivity index (χ0) is 6.04. The van der Waals surface area contributed by atoms with Crippen LogP contribution in [0.2, 0.25) is 0 Å². The smallest absolute Gasteiger partial charge is 0.0284 e. The van der Waals surface area contributed by atoms with Gasteiger partial charge in [-0.05, 0) is 19.8 Å². The zero-order valence-corrected chi connectivity index (χ0v) is 5.41. The van der Waals surface area contributed by atoms with Crippen LogP contribution in [0.15, 0.2) is 0 Å². The first-order chi connectivity index (χ1) is 3.77. The fourth-order valence-electron chi connectivity index (χ4n) is 1.30.